The molecule has 2 aromatic carbocycles. The Kier molecular flexibility index (Phi) is 4.13. The van der Waals surface area contributed by atoms with Crippen LogP contribution < -0.4 is 0 Å². The summed E-state index contributed by atoms with van der Waals surface area (Å²) in [6.45, 7) is 1.91. The highest BCUT2D eigenvalue weighted by atomic mass is 19.1. The largest absolute Gasteiger partial charge is 0.337 e. The van der Waals surface area contributed by atoms with Gasteiger partial charge in [-0.2, -0.15) is 0 Å². The number of hydrogen-bond donors (Lipinski definition) is 0. The van der Waals surface area contributed by atoms with E-state index in [1.165, 1.54) is 35.2 Å². The zero-order valence-electron chi connectivity index (χ0n) is 11.4. The normalized spacial score (nSPS) is 10.4. The van der Waals surface area contributed by atoms with Crippen LogP contribution in [0.25, 0.3) is 0 Å². The second-order valence-corrected chi connectivity index (χ2v) is 4.76. The van der Waals surface area contributed by atoms with E-state index in [-0.39, 0.29) is 17.5 Å². The van der Waals surface area contributed by atoms with Gasteiger partial charge in [0.1, 0.15) is 11.6 Å². The number of nitrogens with zero attached hydrogens (tertiary/aromatic N) is 1. The zero-order chi connectivity index (χ0) is 14.7. The molecule has 0 aliphatic carbocycles. The van der Waals surface area contributed by atoms with Crippen LogP contribution in [0, 0.1) is 18.6 Å². The maximum atomic E-state index is 13.2. The third kappa shape index (κ3) is 3.20. The number of rotatable bonds is 3. The van der Waals surface area contributed by atoms with Gasteiger partial charge in [-0.25, -0.2) is 8.78 Å². The molecule has 0 bridgehead atoms. The summed E-state index contributed by atoms with van der Waals surface area (Å²) in [5.41, 5.74) is 1.55. The molecule has 104 valence electrons. The van der Waals surface area contributed by atoms with Gasteiger partial charge < -0.3 is 4.90 Å². The highest BCUT2D eigenvalue weighted by Gasteiger charge is 2.13. The molecule has 1 amide bonds. The lowest BCUT2D eigenvalue weighted by atomic mass is 10.1. The minimum atomic E-state index is -0.339. The Morgan fingerprint density at radius 2 is 1.90 bits per heavy atom. The molecule has 20 heavy (non-hydrogen) atoms. The minimum Gasteiger partial charge on any atom is -0.337 e. The van der Waals surface area contributed by atoms with Crippen molar-refractivity contribution in [3.63, 3.8) is 0 Å². The lowest BCUT2D eigenvalue weighted by molar-refractivity contribution is 0.0785. The maximum absolute atomic E-state index is 13.2. The molecule has 0 aromatic heterocycles. The van der Waals surface area contributed by atoms with Gasteiger partial charge in [0.25, 0.3) is 5.91 Å². The van der Waals surface area contributed by atoms with Gasteiger partial charge >= 0.3 is 0 Å². The summed E-state index contributed by atoms with van der Waals surface area (Å²) in [5.74, 6) is -0.896. The summed E-state index contributed by atoms with van der Waals surface area (Å²) < 4.78 is 26.3. The smallest absolute Gasteiger partial charge is 0.253 e. The number of carbonyl (C=O) groups excluding carboxylic acids is 1. The van der Waals surface area contributed by atoms with Gasteiger partial charge in [-0.1, -0.05) is 12.1 Å². The van der Waals surface area contributed by atoms with E-state index in [2.05, 4.69) is 0 Å². The van der Waals surface area contributed by atoms with Crippen LogP contribution in [-0.2, 0) is 6.54 Å². The molecule has 0 spiro atoms. The second-order valence-electron chi connectivity index (χ2n) is 4.76. The van der Waals surface area contributed by atoms with Crippen molar-refractivity contribution in [1.82, 2.24) is 4.90 Å². The third-order valence-electron chi connectivity index (χ3n) is 3.06. The number of amides is 1. The molecule has 0 heterocycles. The zero-order valence-corrected chi connectivity index (χ0v) is 11.4. The summed E-state index contributed by atoms with van der Waals surface area (Å²) in [6, 6.07) is 10.3. The number of carbonyl (C=O) groups is 1. The number of hydrogen-bond acceptors (Lipinski definition) is 1. The van der Waals surface area contributed by atoms with Crippen LogP contribution in [0.15, 0.2) is 42.5 Å². The van der Waals surface area contributed by atoms with E-state index in [1.807, 2.05) is 0 Å². The SMILES string of the molecule is Cc1cc(C(=O)N(C)Cc2cccc(F)c2)ccc1F. The molecule has 0 saturated heterocycles. The predicted octanol–water partition coefficient (Wildman–Crippen LogP) is 3.55. The average molecular weight is 275 g/mol. The van der Waals surface area contributed by atoms with Gasteiger partial charge in [0.05, 0.1) is 0 Å². The fourth-order valence-electron chi connectivity index (χ4n) is 1.98. The van der Waals surface area contributed by atoms with Crippen LogP contribution >= 0.6 is 0 Å². The van der Waals surface area contributed by atoms with Crippen molar-refractivity contribution in [3.05, 3.63) is 70.8 Å². The number of benzene rings is 2. The van der Waals surface area contributed by atoms with Crippen LogP contribution in [0.5, 0.6) is 0 Å². The van der Waals surface area contributed by atoms with E-state index >= 15 is 0 Å². The van der Waals surface area contributed by atoms with E-state index in [1.54, 1.807) is 26.1 Å². The van der Waals surface area contributed by atoms with Gasteiger partial charge in [-0.05, 0) is 48.4 Å². The Morgan fingerprint density at radius 1 is 1.15 bits per heavy atom. The first-order valence-corrected chi connectivity index (χ1v) is 6.23. The Hall–Kier alpha value is -2.23. The summed E-state index contributed by atoms with van der Waals surface area (Å²) >= 11 is 0. The van der Waals surface area contributed by atoms with Gasteiger partial charge in [0.2, 0.25) is 0 Å². The first kappa shape index (κ1) is 14.2. The Morgan fingerprint density at radius 3 is 2.55 bits per heavy atom. The molecule has 0 aliphatic rings. The molecule has 0 radical (unpaired) electrons. The average Bonchev–Trinajstić information content (AvgIpc) is 2.41. The maximum Gasteiger partial charge on any atom is 0.253 e. The third-order valence-corrected chi connectivity index (χ3v) is 3.06. The van der Waals surface area contributed by atoms with Crippen LogP contribution in [0.2, 0.25) is 0 Å². The van der Waals surface area contributed by atoms with E-state index in [4.69, 9.17) is 0 Å². The first-order chi connectivity index (χ1) is 9.47. The molecule has 0 unspecified atom stereocenters. The van der Waals surface area contributed by atoms with Gasteiger partial charge in [0.15, 0.2) is 0 Å². The van der Waals surface area contributed by atoms with Crippen molar-refractivity contribution >= 4 is 5.91 Å². The van der Waals surface area contributed by atoms with Crippen LogP contribution in [-0.4, -0.2) is 17.9 Å². The Balaban J connectivity index is 2.14. The molecule has 4 heteroatoms. The molecule has 2 nitrogen and oxygen atoms in total. The summed E-state index contributed by atoms with van der Waals surface area (Å²) in [5, 5.41) is 0. The molecule has 0 atom stereocenters. The molecular weight excluding hydrogens is 260 g/mol. The van der Waals surface area contributed by atoms with Crippen molar-refractivity contribution < 1.29 is 13.6 Å². The fraction of sp³-hybridized carbons (Fsp3) is 0.188. The van der Waals surface area contributed by atoms with Gasteiger partial charge in [-0.3, -0.25) is 4.79 Å². The van der Waals surface area contributed by atoms with E-state index in [0.29, 0.717) is 23.2 Å². The Bertz CT molecular complexity index is 640. The van der Waals surface area contributed by atoms with E-state index < -0.39 is 0 Å². The van der Waals surface area contributed by atoms with Gasteiger partial charge in [-0.15, -0.1) is 0 Å². The summed E-state index contributed by atoms with van der Waals surface area (Å²) in [4.78, 5) is 13.7. The molecule has 0 N–H and O–H groups in total. The Labute approximate surface area is 116 Å². The monoisotopic (exact) mass is 275 g/mol. The van der Waals surface area contributed by atoms with Crippen molar-refractivity contribution in [2.45, 2.75) is 13.5 Å². The number of halogens is 2. The number of aryl methyl sites for hydroxylation is 1. The van der Waals surface area contributed by atoms with Gasteiger partial charge in [0, 0.05) is 19.2 Å². The molecule has 2 rings (SSSR count). The topological polar surface area (TPSA) is 20.3 Å². The molecule has 0 saturated carbocycles. The summed E-state index contributed by atoms with van der Waals surface area (Å²) in [6.07, 6.45) is 0. The second kappa shape index (κ2) is 5.82. The summed E-state index contributed by atoms with van der Waals surface area (Å²) in [7, 11) is 1.63. The molecule has 0 aliphatic heterocycles. The lowest BCUT2D eigenvalue weighted by Crippen LogP contribution is -2.26. The standard InChI is InChI=1S/C16H15F2NO/c1-11-8-13(6-7-15(11)18)16(20)19(2)10-12-4-3-5-14(17)9-12/h3-9H,10H2,1-2H3. The molecule has 2 aromatic rings. The minimum absolute atomic E-state index is 0.225. The van der Waals surface area contributed by atoms with E-state index in [9.17, 15) is 13.6 Å². The van der Waals surface area contributed by atoms with Crippen LogP contribution in [0.4, 0.5) is 8.78 Å². The van der Waals surface area contributed by atoms with Crippen molar-refractivity contribution in [2.75, 3.05) is 7.05 Å². The predicted molar refractivity (Wildman–Crippen MR) is 73.3 cm³/mol. The first-order valence-electron chi connectivity index (χ1n) is 6.23. The van der Waals surface area contributed by atoms with Crippen molar-refractivity contribution in [3.8, 4) is 0 Å². The molecular formula is C16H15F2NO. The highest BCUT2D eigenvalue weighted by molar-refractivity contribution is 5.94. The quantitative estimate of drug-likeness (QED) is 0.839. The van der Waals surface area contributed by atoms with Crippen molar-refractivity contribution in [1.29, 1.82) is 0 Å². The lowest BCUT2D eigenvalue weighted by Gasteiger charge is -2.17. The van der Waals surface area contributed by atoms with Crippen molar-refractivity contribution in [2.24, 2.45) is 0 Å². The highest BCUT2D eigenvalue weighted by Crippen LogP contribution is 2.13. The van der Waals surface area contributed by atoms with Crippen LogP contribution in [0.1, 0.15) is 21.5 Å². The van der Waals surface area contributed by atoms with Crippen LogP contribution in [0.3, 0.4) is 0 Å². The fourth-order valence-corrected chi connectivity index (χ4v) is 1.98. The molecule has 0 fully saturated rings. The van der Waals surface area contributed by atoms with E-state index in [0.717, 1.165) is 0 Å².